The van der Waals surface area contributed by atoms with E-state index in [9.17, 15) is 0 Å². The smallest absolute Gasteiger partial charge is 0.231 e. The summed E-state index contributed by atoms with van der Waals surface area (Å²) < 4.78 is 10.9. The Balaban J connectivity index is 1.55. The van der Waals surface area contributed by atoms with E-state index in [1.54, 1.807) is 0 Å². The highest BCUT2D eigenvalue weighted by Gasteiger charge is 2.27. The van der Waals surface area contributed by atoms with Crippen molar-refractivity contribution in [1.82, 2.24) is 0 Å². The predicted octanol–water partition coefficient (Wildman–Crippen LogP) is 3.86. The van der Waals surface area contributed by atoms with Crippen molar-refractivity contribution in [2.45, 2.75) is 38.1 Å². The maximum Gasteiger partial charge on any atom is 0.231 e. The zero-order valence-corrected chi connectivity index (χ0v) is 14.9. The molecule has 0 aliphatic carbocycles. The number of fused-ring (bicyclic) bond motifs is 1. The van der Waals surface area contributed by atoms with Crippen LogP contribution in [-0.2, 0) is 0 Å². The Kier molecular flexibility index (Phi) is 4.30. The molecule has 0 saturated carbocycles. The van der Waals surface area contributed by atoms with Gasteiger partial charge in [-0.1, -0.05) is 38.1 Å². The zero-order valence-electron chi connectivity index (χ0n) is 14.9. The average Bonchev–Trinajstić information content (AvgIpc) is 3.09. The van der Waals surface area contributed by atoms with Crippen LogP contribution in [0.5, 0.6) is 11.5 Å². The van der Waals surface area contributed by atoms with Crippen LogP contribution in [0.3, 0.4) is 0 Å². The number of piperidine rings is 1. The highest BCUT2D eigenvalue weighted by atomic mass is 16.7. The summed E-state index contributed by atoms with van der Waals surface area (Å²) in [5, 5.41) is 0. The van der Waals surface area contributed by atoms with Crippen molar-refractivity contribution in [1.29, 1.82) is 0 Å². The molecule has 4 rings (SSSR count). The molecule has 2 heterocycles. The molecular formula is C21H26N2O2. The van der Waals surface area contributed by atoms with Gasteiger partial charge in [0.25, 0.3) is 0 Å². The first-order chi connectivity index (χ1) is 12.1. The molecule has 2 aromatic carbocycles. The summed E-state index contributed by atoms with van der Waals surface area (Å²) in [5.41, 5.74) is 10.3. The van der Waals surface area contributed by atoms with Crippen LogP contribution in [-0.4, -0.2) is 25.9 Å². The number of nitrogens with zero attached hydrogens (tertiary/aromatic N) is 1. The van der Waals surface area contributed by atoms with E-state index in [2.05, 4.69) is 55.1 Å². The van der Waals surface area contributed by atoms with Crippen molar-refractivity contribution in [2.24, 2.45) is 5.73 Å². The Bertz CT molecular complexity index is 742. The predicted molar refractivity (Wildman–Crippen MR) is 101 cm³/mol. The van der Waals surface area contributed by atoms with Gasteiger partial charge in [0.1, 0.15) is 0 Å². The summed E-state index contributed by atoms with van der Waals surface area (Å²) in [5.74, 6) is 2.67. The molecule has 2 N–H and O–H groups in total. The Hall–Kier alpha value is -2.20. The number of nitrogens with two attached hydrogens (primary N) is 1. The first kappa shape index (κ1) is 16.3. The lowest BCUT2D eigenvalue weighted by Crippen LogP contribution is -2.46. The van der Waals surface area contributed by atoms with Crippen LogP contribution in [0.4, 0.5) is 5.69 Å². The Morgan fingerprint density at radius 2 is 1.76 bits per heavy atom. The molecule has 2 aliphatic heterocycles. The molecule has 4 heteroatoms. The molecule has 25 heavy (non-hydrogen) atoms. The molecule has 0 spiro atoms. The van der Waals surface area contributed by atoms with Crippen LogP contribution in [0.1, 0.15) is 43.2 Å². The van der Waals surface area contributed by atoms with Crippen molar-refractivity contribution in [3.8, 4) is 11.5 Å². The zero-order chi connectivity index (χ0) is 17.4. The van der Waals surface area contributed by atoms with Gasteiger partial charge in [-0.25, -0.2) is 0 Å². The first-order valence-electron chi connectivity index (χ1n) is 9.10. The molecule has 0 bridgehead atoms. The topological polar surface area (TPSA) is 47.7 Å². The van der Waals surface area contributed by atoms with E-state index in [0.717, 1.165) is 36.7 Å². The van der Waals surface area contributed by atoms with E-state index in [0.29, 0.717) is 18.6 Å². The summed E-state index contributed by atoms with van der Waals surface area (Å²) in [6.07, 6.45) is 1.03. The quantitative estimate of drug-likeness (QED) is 0.923. The SMILES string of the molecule is CC(C)c1ccc(C2CC(N)CN(c3ccc4c(c3)OCO4)C2)cc1. The van der Waals surface area contributed by atoms with Gasteiger partial charge < -0.3 is 20.1 Å². The largest absolute Gasteiger partial charge is 0.454 e. The van der Waals surface area contributed by atoms with Gasteiger partial charge in [0.05, 0.1) is 0 Å². The maximum atomic E-state index is 6.38. The van der Waals surface area contributed by atoms with Gasteiger partial charge in [0.2, 0.25) is 6.79 Å². The summed E-state index contributed by atoms with van der Waals surface area (Å²) in [6, 6.07) is 15.4. The molecular weight excluding hydrogens is 312 g/mol. The average molecular weight is 338 g/mol. The van der Waals surface area contributed by atoms with Gasteiger partial charge >= 0.3 is 0 Å². The van der Waals surface area contributed by atoms with Crippen LogP contribution in [0.25, 0.3) is 0 Å². The second-order valence-corrected chi connectivity index (χ2v) is 7.46. The van der Waals surface area contributed by atoms with Crippen molar-refractivity contribution in [2.75, 3.05) is 24.8 Å². The normalized spacial score (nSPS) is 22.5. The monoisotopic (exact) mass is 338 g/mol. The number of hydrogen-bond donors (Lipinski definition) is 1. The highest BCUT2D eigenvalue weighted by molar-refractivity contribution is 5.58. The Labute approximate surface area is 149 Å². The van der Waals surface area contributed by atoms with E-state index in [1.165, 1.54) is 11.1 Å². The van der Waals surface area contributed by atoms with Gasteiger partial charge in [-0.05, 0) is 35.6 Å². The lowest BCUT2D eigenvalue weighted by Gasteiger charge is -2.38. The van der Waals surface area contributed by atoms with Crippen molar-refractivity contribution < 1.29 is 9.47 Å². The fraction of sp³-hybridized carbons (Fsp3) is 0.429. The van der Waals surface area contributed by atoms with E-state index < -0.39 is 0 Å². The Morgan fingerprint density at radius 1 is 1.00 bits per heavy atom. The van der Waals surface area contributed by atoms with Crippen molar-refractivity contribution in [3.05, 3.63) is 53.6 Å². The number of benzene rings is 2. The second-order valence-electron chi connectivity index (χ2n) is 7.46. The van der Waals surface area contributed by atoms with Gasteiger partial charge in [0.15, 0.2) is 11.5 Å². The summed E-state index contributed by atoms with van der Waals surface area (Å²) >= 11 is 0. The van der Waals surface area contributed by atoms with E-state index >= 15 is 0 Å². The molecule has 2 aromatic rings. The standard InChI is InChI=1S/C21H26N2O2/c1-14(2)15-3-5-16(6-4-15)17-9-18(22)12-23(11-17)19-7-8-20-21(10-19)25-13-24-20/h3-8,10,14,17-18H,9,11-13,22H2,1-2H3. The summed E-state index contributed by atoms with van der Waals surface area (Å²) in [6.45, 7) is 6.62. The maximum absolute atomic E-state index is 6.38. The van der Waals surface area contributed by atoms with E-state index in [1.807, 2.05) is 6.07 Å². The molecule has 0 radical (unpaired) electrons. The molecule has 1 fully saturated rings. The minimum Gasteiger partial charge on any atom is -0.454 e. The molecule has 2 unspecified atom stereocenters. The fourth-order valence-corrected chi connectivity index (χ4v) is 3.83. The Morgan fingerprint density at radius 3 is 2.52 bits per heavy atom. The van der Waals surface area contributed by atoms with Crippen molar-refractivity contribution in [3.63, 3.8) is 0 Å². The van der Waals surface area contributed by atoms with Gasteiger partial charge in [0, 0.05) is 36.8 Å². The number of rotatable bonds is 3. The minimum absolute atomic E-state index is 0.175. The van der Waals surface area contributed by atoms with Gasteiger partial charge in [-0.2, -0.15) is 0 Å². The van der Waals surface area contributed by atoms with Crippen molar-refractivity contribution >= 4 is 5.69 Å². The number of hydrogen-bond acceptors (Lipinski definition) is 4. The molecule has 0 aromatic heterocycles. The third-order valence-electron chi connectivity index (χ3n) is 5.28. The first-order valence-corrected chi connectivity index (χ1v) is 9.10. The van der Waals surface area contributed by atoms with Crippen LogP contribution in [0.15, 0.2) is 42.5 Å². The minimum atomic E-state index is 0.175. The molecule has 1 saturated heterocycles. The van der Waals surface area contributed by atoms with Crippen LogP contribution in [0.2, 0.25) is 0 Å². The molecule has 2 atom stereocenters. The van der Waals surface area contributed by atoms with Crippen LogP contribution >= 0.6 is 0 Å². The van der Waals surface area contributed by atoms with Gasteiger partial charge in [-0.3, -0.25) is 0 Å². The fourth-order valence-electron chi connectivity index (χ4n) is 3.83. The molecule has 4 nitrogen and oxygen atoms in total. The summed E-state index contributed by atoms with van der Waals surface area (Å²) in [7, 11) is 0. The van der Waals surface area contributed by atoms with E-state index in [-0.39, 0.29) is 6.04 Å². The van der Waals surface area contributed by atoms with Crippen LogP contribution in [0, 0.1) is 0 Å². The third-order valence-corrected chi connectivity index (χ3v) is 5.28. The van der Waals surface area contributed by atoms with Crippen LogP contribution < -0.4 is 20.1 Å². The number of ether oxygens (including phenoxy) is 2. The lowest BCUT2D eigenvalue weighted by molar-refractivity contribution is 0.174. The summed E-state index contributed by atoms with van der Waals surface area (Å²) in [4.78, 5) is 2.37. The molecule has 132 valence electrons. The highest BCUT2D eigenvalue weighted by Crippen LogP contribution is 2.37. The lowest BCUT2D eigenvalue weighted by atomic mass is 9.87. The van der Waals surface area contributed by atoms with Gasteiger partial charge in [-0.15, -0.1) is 0 Å². The molecule has 0 amide bonds. The second kappa shape index (κ2) is 6.60. The van der Waals surface area contributed by atoms with E-state index in [4.69, 9.17) is 15.2 Å². The molecule has 2 aliphatic rings. The number of anilines is 1. The third kappa shape index (κ3) is 3.31.